The van der Waals surface area contributed by atoms with Crippen molar-refractivity contribution in [3.05, 3.63) is 42.5 Å². The molecule has 3 amide bonds. The maximum atomic E-state index is 12.5. The number of imide groups is 1. The van der Waals surface area contributed by atoms with Gasteiger partial charge in [-0.2, -0.15) is 0 Å². The lowest BCUT2D eigenvalue weighted by molar-refractivity contribution is -0.124. The van der Waals surface area contributed by atoms with Crippen LogP contribution in [0.15, 0.2) is 36.7 Å². The van der Waals surface area contributed by atoms with Crippen LogP contribution in [0.25, 0.3) is 0 Å². The van der Waals surface area contributed by atoms with Gasteiger partial charge in [0.05, 0.1) is 18.2 Å². The summed E-state index contributed by atoms with van der Waals surface area (Å²) >= 11 is 4.23. The monoisotopic (exact) mass is 402 g/mol. The number of thiol groups is 1. The van der Waals surface area contributed by atoms with Gasteiger partial charge in [0.25, 0.3) is 0 Å². The first-order valence-electron chi connectivity index (χ1n) is 9.65. The molecular formula is C20H26N4O3S. The van der Waals surface area contributed by atoms with Crippen molar-refractivity contribution in [2.75, 3.05) is 10.9 Å². The second kappa shape index (κ2) is 9.64. The number of aromatic nitrogens is 2. The maximum Gasteiger partial charge on any atom is 0.338 e. The van der Waals surface area contributed by atoms with E-state index in [1.165, 1.54) is 0 Å². The Kier molecular flexibility index (Phi) is 6.97. The number of nitrogens with one attached hydrogen (secondary N) is 1. The van der Waals surface area contributed by atoms with Gasteiger partial charge in [-0.05, 0) is 37.1 Å². The fourth-order valence-electron chi connectivity index (χ4n) is 3.18. The van der Waals surface area contributed by atoms with Crippen LogP contribution in [0.1, 0.15) is 38.4 Å². The molecule has 1 N–H and O–H groups in total. The minimum Gasteiger partial charge on any atom is -0.494 e. The van der Waals surface area contributed by atoms with E-state index in [9.17, 15) is 9.59 Å². The molecule has 8 heteroatoms. The third-order valence-electron chi connectivity index (χ3n) is 4.83. The Hall–Kier alpha value is -2.48. The summed E-state index contributed by atoms with van der Waals surface area (Å²) in [6, 6.07) is 6.50. The van der Waals surface area contributed by atoms with Crippen LogP contribution in [0.3, 0.4) is 0 Å². The largest absolute Gasteiger partial charge is 0.494 e. The van der Waals surface area contributed by atoms with E-state index in [0.29, 0.717) is 25.3 Å². The number of fused-ring (bicyclic) bond motifs is 1. The maximum absolute atomic E-state index is 12.5. The normalized spacial score (nSPS) is 15.6. The van der Waals surface area contributed by atoms with Gasteiger partial charge in [0.2, 0.25) is 5.91 Å². The zero-order chi connectivity index (χ0) is 19.9. The van der Waals surface area contributed by atoms with Gasteiger partial charge in [0, 0.05) is 25.4 Å². The average molecular weight is 403 g/mol. The second-order valence-electron chi connectivity index (χ2n) is 6.89. The quantitative estimate of drug-likeness (QED) is 0.548. The highest BCUT2D eigenvalue weighted by Gasteiger charge is 2.27. The first-order chi connectivity index (χ1) is 13.6. The number of benzene rings is 1. The van der Waals surface area contributed by atoms with Crippen molar-refractivity contribution in [3.8, 4) is 5.75 Å². The number of hydrogen-bond acceptors (Lipinski definition) is 5. The van der Waals surface area contributed by atoms with Crippen LogP contribution >= 0.6 is 12.8 Å². The van der Waals surface area contributed by atoms with Gasteiger partial charge in [-0.15, -0.1) is 0 Å². The molecule has 0 saturated carbocycles. The zero-order valence-electron chi connectivity index (χ0n) is 16.0. The van der Waals surface area contributed by atoms with Crippen molar-refractivity contribution in [1.82, 2.24) is 14.9 Å². The summed E-state index contributed by atoms with van der Waals surface area (Å²) in [7, 11) is 0. The Morgan fingerprint density at radius 2 is 2.11 bits per heavy atom. The number of hydrogen-bond donors (Lipinski definition) is 2. The minimum absolute atomic E-state index is 0.258. The van der Waals surface area contributed by atoms with Crippen LogP contribution in [0.2, 0.25) is 0 Å². The van der Waals surface area contributed by atoms with Gasteiger partial charge < -0.3 is 9.30 Å². The van der Waals surface area contributed by atoms with E-state index >= 15 is 0 Å². The van der Waals surface area contributed by atoms with E-state index in [-0.39, 0.29) is 11.8 Å². The molecule has 3 rings (SSSR count). The van der Waals surface area contributed by atoms with Crippen LogP contribution < -0.4 is 14.4 Å². The molecule has 1 aromatic heterocycles. The topological polar surface area (TPSA) is 76.5 Å². The molecule has 0 fully saturated rings. The molecule has 0 bridgehead atoms. The standard InChI is InChI=1S/C20H26N4O3S/c1-2-3-4-13-27-17-8-6-16(7-9-17)24(28)20(26)22-19(25)15-5-10-18-21-11-12-23(18)14-15/h6-9,11-12,15,28H,2-5,10,13-14H2,1H3,(H,22,25,26). The highest BCUT2D eigenvalue weighted by atomic mass is 32.1. The zero-order valence-corrected chi connectivity index (χ0v) is 16.9. The Bertz CT molecular complexity index is 806. The molecule has 1 aliphatic heterocycles. The molecule has 0 radical (unpaired) electrons. The van der Waals surface area contributed by atoms with Gasteiger partial charge in [-0.3, -0.25) is 10.1 Å². The number of urea groups is 1. The molecule has 0 spiro atoms. The van der Waals surface area contributed by atoms with E-state index in [2.05, 4.69) is 30.0 Å². The Balaban J connectivity index is 1.50. The number of ether oxygens (including phenoxy) is 1. The molecule has 2 aromatic rings. The van der Waals surface area contributed by atoms with Crippen LogP contribution in [0, 0.1) is 5.92 Å². The van der Waals surface area contributed by atoms with E-state index in [1.54, 1.807) is 30.5 Å². The van der Waals surface area contributed by atoms with Crippen LogP contribution in [-0.4, -0.2) is 28.1 Å². The van der Waals surface area contributed by atoms with Gasteiger partial charge >= 0.3 is 6.03 Å². The summed E-state index contributed by atoms with van der Waals surface area (Å²) in [4.78, 5) is 29.1. The molecule has 0 aliphatic carbocycles. The third-order valence-corrected chi connectivity index (χ3v) is 5.24. The Labute approximate surface area is 170 Å². The number of carbonyl (C=O) groups excluding carboxylic acids is 2. The van der Waals surface area contributed by atoms with Crippen molar-refractivity contribution in [1.29, 1.82) is 0 Å². The average Bonchev–Trinajstić information content (AvgIpc) is 3.19. The molecule has 7 nitrogen and oxygen atoms in total. The lowest BCUT2D eigenvalue weighted by atomic mass is 9.99. The Morgan fingerprint density at radius 1 is 1.32 bits per heavy atom. The van der Waals surface area contributed by atoms with Crippen molar-refractivity contribution >= 4 is 30.4 Å². The Morgan fingerprint density at radius 3 is 2.86 bits per heavy atom. The fraction of sp³-hybridized carbons (Fsp3) is 0.450. The predicted octanol–water partition coefficient (Wildman–Crippen LogP) is 3.60. The molecule has 28 heavy (non-hydrogen) atoms. The smallest absolute Gasteiger partial charge is 0.338 e. The van der Waals surface area contributed by atoms with Crippen LogP contribution in [0.5, 0.6) is 5.75 Å². The molecular weight excluding hydrogens is 376 g/mol. The number of aryl methyl sites for hydroxylation is 1. The number of anilines is 1. The lowest BCUT2D eigenvalue weighted by Crippen LogP contribution is -2.43. The lowest BCUT2D eigenvalue weighted by Gasteiger charge is -2.24. The molecule has 1 atom stereocenters. The molecule has 1 unspecified atom stereocenters. The van der Waals surface area contributed by atoms with Crippen LogP contribution in [-0.2, 0) is 17.8 Å². The molecule has 1 aromatic carbocycles. The highest BCUT2D eigenvalue weighted by Crippen LogP contribution is 2.22. The van der Waals surface area contributed by atoms with E-state index in [4.69, 9.17) is 4.74 Å². The first kappa shape index (κ1) is 20.3. The van der Waals surface area contributed by atoms with Crippen molar-refractivity contribution in [2.45, 2.75) is 45.6 Å². The SMILES string of the molecule is CCCCCOc1ccc(N(S)C(=O)NC(=O)C2CCc3nccn3C2)cc1. The van der Waals surface area contributed by atoms with Crippen molar-refractivity contribution in [3.63, 3.8) is 0 Å². The summed E-state index contributed by atoms with van der Waals surface area (Å²) in [5.41, 5.74) is 0.565. The first-order valence-corrected chi connectivity index (χ1v) is 10.0. The summed E-state index contributed by atoms with van der Waals surface area (Å²) in [6.45, 7) is 3.35. The molecule has 0 saturated heterocycles. The van der Waals surface area contributed by atoms with Crippen LogP contribution in [0.4, 0.5) is 10.5 Å². The van der Waals surface area contributed by atoms with E-state index in [1.807, 2.05) is 10.8 Å². The summed E-state index contributed by atoms with van der Waals surface area (Å²) in [5, 5.41) is 2.44. The minimum atomic E-state index is -0.568. The number of carbonyl (C=O) groups is 2. The van der Waals surface area contributed by atoms with Crippen molar-refractivity contribution < 1.29 is 14.3 Å². The number of unbranched alkanes of at least 4 members (excludes halogenated alkanes) is 2. The number of amides is 3. The van der Waals surface area contributed by atoms with E-state index < -0.39 is 6.03 Å². The van der Waals surface area contributed by atoms with Gasteiger partial charge in [-0.1, -0.05) is 32.6 Å². The number of nitrogens with zero attached hydrogens (tertiary/aromatic N) is 3. The second-order valence-corrected chi connectivity index (χ2v) is 7.29. The molecule has 1 aliphatic rings. The number of imidazole rings is 1. The predicted molar refractivity (Wildman–Crippen MR) is 111 cm³/mol. The van der Waals surface area contributed by atoms with Gasteiger partial charge in [0.15, 0.2) is 0 Å². The van der Waals surface area contributed by atoms with Gasteiger partial charge in [0.1, 0.15) is 11.6 Å². The third kappa shape index (κ3) is 5.07. The summed E-state index contributed by atoms with van der Waals surface area (Å²) < 4.78 is 8.75. The summed E-state index contributed by atoms with van der Waals surface area (Å²) in [5.74, 6) is 1.17. The molecule has 150 valence electrons. The number of rotatable bonds is 7. The van der Waals surface area contributed by atoms with Gasteiger partial charge in [-0.25, -0.2) is 14.1 Å². The summed E-state index contributed by atoms with van der Waals surface area (Å²) in [6.07, 6.45) is 8.29. The molecule has 2 heterocycles. The van der Waals surface area contributed by atoms with Crippen molar-refractivity contribution in [2.24, 2.45) is 5.92 Å². The highest BCUT2D eigenvalue weighted by molar-refractivity contribution is 7.82. The van der Waals surface area contributed by atoms with E-state index in [0.717, 1.165) is 41.6 Å². The fourth-order valence-corrected chi connectivity index (χ4v) is 3.37.